The minimum Gasteiger partial charge on any atom is -0.0801 e. The molecule has 0 fully saturated rings. The third kappa shape index (κ3) is 7.96. The van der Waals surface area contributed by atoms with Crippen LogP contribution in [0.15, 0.2) is 260 Å². The molecule has 9 aromatic carbocycles. The maximum atomic E-state index is 2.60. The second-order valence-electron chi connectivity index (χ2n) is 18.1. The lowest BCUT2D eigenvalue weighted by Gasteiger charge is -2.41. The largest absolute Gasteiger partial charge is 0.179 e. The number of rotatable bonds is 10. The van der Waals surface area contributed by atoms with Crippen LogP contribution >= 0.6 is 0 Å². The van der Waals surface area contributed by atoms with Gasteiger partial charge in [0, 0.05) is 0 Å². The SMILES string of the molecule is CC(C)(C)C1=CCC=C1[Si](c1cc(-c2ccccc2)cc(-c2ccccc2)c1)(c1cc(-c2ccccc2)cc(-c2ccccc2)c1)c1cc(-c2ccccc2)cc(-c2ccccc2)c1. The van der Waals surface area contributed by atoms with Gasteiger partial charge < -0.3 is 0 Å². The molecule has 1 aliphatic carbocycles. The van der Waals surface area contributed by atoms with Gasteiger partial charge in [0.25, 0.3) is 0 Å². The van der Waals surface area contributed by atoms with E-state index in [1.165, 1.54) is 93.1 Å². The summed E-state index contributed by atoms with van der Waals surface area (Å²) in [4.78, 5) is 0. The van der Waals surface area contributed by atoms with Crippen LogP contribution in [0.25, 0.3) is 66.8 Å². The summed E-state index contributed by atoms with van der Waals surface area (Å²) in [6.45, 7) is 7.20. The van der Waals surface area contributed by atoms with Crippen LogP contribution in [0.2, 0.25) is 0 Å². The highest BCUT2D eigenvalue weighted by atomic mass is 28.3. The van der Waals surface area contributed by atoms with Crippen molar-refractivity contribution in [2.45, 2.75) is 27.2 Å². The van der Waals surface area contributed by atoms with E-state index >= 15 is 0 Å². The third-order valence-corrected chi connectivity index (χ3v) is 17.6. The van der Waals surface area contributed by atoms with E-state index in [0.29, 0.717) is 0 Å². The quantitative estimate of drug-likeness (QED) is 0.0951. The van der Waals surface area contributed by atoms with E-state index in [1.807, 2.05) is 0 Å². The lowest BCUT2D eigenvalue weighted by Crippen LogP contribution is -2.69. The highest BCUT2D eigenvalue weighted by molar-refractivity contribution is 7.17. The zero-order valence-corrected chi connectivity index (χ0v) is 37.9. The molecule has 10 rings (SSSR count). The maximum absolute atomic E-state index is 3.36. The van der Waals surface area contributed by atoms with E-state index in [-0.39, 0.29) is 5.41 Å². The zero-order chi connectivity index (χ0) is 43.5. The van der Waals surface area contributed by atoms with Crippen LogP contribution in [-0.2, 0) is 0 Å². The Morgan fingerprint density at radius 3 is 0.734 bits per heavy atom. The summed E-state index contributed by atoms with van der Waals surface area (Å²) in [5, 5.41) is 5.57. The van der Waals surface area contributed by atoms with Gasteiger partial charge in [-0.2, -0.15) is 0 Å². The first-order chi connectivity index (χ1) is 31.3. The molecule has 0 N–H and O–H groups in total. The molecule has 0 saturated carbocycles. The fourth-order valence-corrected chi connectivity index (χ4v) is 15.3. The van der Waals surface area contributed by atoms with Crippen molar-refractivity contribution in [2.75, 3.05) is 0 Å². The molecule has 1 aliphatic rings. The van der Waals surface area contributed by atoms with Crippen LogP contribution in [0.1, 0.15) is 27.2 Å². The summed E-state index contributed by atoms with van der Waals surface area (Å²) in [5.74, 6) is 0. The lowest BCUT2D eigenvalue weighted by molar-refractivity contribution is 0.515. The summed E-state index contributed by atoms with van der Waals surface area (Å²) >= 11 is 0. The van der Waals surface area contributed by atoms with Crippen molar-refractivity contribution in [3.8, 4) is 66.8 Å². The van der Waals surface area contributed by atoms with Gasteiger partial charge >= 0.3 is 0 Å². The molecule has 0 amide bonds. The minimum absolute atomic E-state index is 0.113. The Kier molecular flexibility index (Phi) is 11.1. The normalized spacial score (nSPS) is 12.7. The highest BCUT2D eigenvalue weighted by Crippen LogP contribution is 2.42. The first-order valence-corrected chi connectivity index (χ1v) is 24.6. The van der Waals surface area contributed by atoms with Crippen molar-refractivity contribution in [3.05, 3.63) is 260 Å². The standard InChI is InChI=1S/C63H52Si/c1-63(2,3)61-35-22-36-62(61)64(58-40-52(46-23-10-4-11-24-46)37-53(41-58)47-25-12-5-13-26-47,59-42-54(48-27-14-6-15-28-48)38-55(43-59)49-29-16-7-17-30-49)60-44-56(50-31-18-8-19-32-50)39-57(45-60)51-33-20-9-21-34-51/h4-21,23-45H,22H2,1-3H3. The molecule has 0 aliphatic heterocycles. The molecule has 1 heteroatoms. The summed E-state index contributed by atoms with van der Waals surface area (Å²) in [6, 6.07) is 88.4. The smallest absolute Gasteiger partial charge is 0.0801 e. The molecule has 0 nitrogen and oxygen atoms in total. The molecule has 64 heavy (non-hydrogen) atoms. The molecular formula is C63H52Si. The first kappa shape index (κ1) is 40.7. The van der Waals surface area contributed by atoms with Gasteiger partial charge in [-0.25, -0.2) is 0 Å². The van der Waals surface area contributed by atoms with Gasteiger partial charge in [-0.15, -0.1) is 0 Å². The Bertz CT molecular complexity index is 2630. The van der Waals surface area contributed by atoms with Crippen LogP contribution in [0.4, 0.5) is 0 Å². The Morgan fingerprint density at radius 2 is 0.516 bits per heavy atom. The van der Waals surface area contributed by atoms with Crippen molar-refractivity contribution in [3.63, 3.8) is 0 Å². The molecule has 0 saturated heterocycles. The minimum atomic E-state index is -3.36. The molecule has 0 atom stereocenters. The highest BCUT2D eigenvalue weighted by Gasteiger charge is 2.48. The molecule has 0 heterocycles. The molecule has 0 aromatic heterocycles. The third-order valence-electron chi connectivity index (χ3n) is 12.9. The van der Waals surface area contributed by atoms with Crippen LogP contribution in [0.3, 0.4) is 0 Å². The molecule has 0 unspecified atom stereocenters. The maximum Gasteiger partial charge on any atom is 0.179 e. The summed E-state index contributed by atoms with van der Waals surface area (Å²) in [7, 11) is -3.36. The predicted molar refractivity (Wildman–Crippen MR) is 277 cm³/mol. The topological polar surface area (TPSA) is 0 Å². The van der Waals surface area contributed by atoms with E-state index in [9.17, 15) is 0 Å². The van der Waals surface area contributed by atoms with Crippen molar-refractivity contribution in [2.24, 2.45) is 5.41 Å². The van der Waals surface area contributed by atoms with Crippen LogP contribution in [-0.4, -0.2) is 8.07 Å². The van der Waals surface area contributed by atoms with Crippen molar-refractivity contribution in [1.82, 2.24) is 0 Å². The van der Waals surface area contributed by atoms with Gasteiger partial charge in [-0.05, 0) is 123 Å². The molecule has 9 aromatic rings. The van der Waals surface area contributed by atoms with Crippen molar-refractivity contribution in [1.29, 1.82) is 0 Å². The zero-order valence-electron chi connectivity index (χ0n) is 36.9. The van der Waals surface area contributed by atoms with Crippen LogP contribution < -0.4 is 15.6 Å². The van der Waals surface area contributed by atoms with E-state index in [4.69, 9.17) is 0 Å². The number of hydrogen-bond acceptors (Lipinski definition) is 0. The van der Waals surface area contributed by atoms with E-state index in [0.717, 1.165) is 6.42 Å². The number of benzene rings is 9. The second kappa shape index (κ2) is 17.4. The van der Waals surface area contributed by atoms with Gasteiger partial charge in [0.15, 0.2) is 8.07 Å². The van der Waals surface area contributed by atoms with Gasteiger partial charge in [0.05, 0.1) is 0 Å². The Hall–Kier alpha value is -7.32. The Balaban J connectivity index is 1.42. The average molecular weight is 837 g/mol. The van der Waals surface area contributed by atoms with Gasteiger partial charge in [-0.1, -0.05) is 251 Å². The fraction of sp³-hybridized carbons (Fsp3) is 0.0794. The summed E-state index contributed by atoms with van der Waals surface area (Å²) in [5.41, 5.74) is 15.9. The molecule has 0 radical (unpaired) electrons. The van der Waals surface area contributed by atoms with Crippen molar-refractivity contribution >= 4 is 23.6 Å². The monoisotopic (exact) mass is 836 g/mol. The average Bonchev–Trinajstić information content (AvgIpc) is 3.87. The first-order valence-electron chi connectivity index (χ1n) is 22.6. The number of allylic oxidation sites excluding steroid dienone is 4. The number of hydrogen-bond donors (Lipinski definition) is 0. The molecule has 308 valence electrons. The molecule has 0 spiro atoms. The van der Waals surface area contributed by atoms with E-state index in [2.05, 4.69) is 270 Å². The van der Waals surface area contributed by atoms with E-state index in [1.54, 1.807) is 0 Å². The Labute approximate surface area is 380 Å². The van der Waals surface area contributed by atoms with Gasteiger partial charge in [-0.3, -0.25) is 0 Å². The lowest BCUT2D eigenvalue weighted by atomic mass is 9.87. The van der Waals surface area contributed by atoms with E-state index < -0.39 is 8.07 Å². The van der Waals surface area contributed by atoms with Gasteiger partial charge in [0.2, 0.25) is 0 Å². The summed E-state index contributed by atoms with van der Waals surface area (Å²) < 4.78 is 0. The molecular weight excluding hydrogens is 785 g/mol. The Morgan fingerprint density at radius 1 is 0.281 bits per heavy atom. The van der Waals surface area contributed by atoms with Crippen LogP contribution in [0, 0.1) is 5.41 Å². The van der Waals surface area contributed by atoms with Crippen molar-refractivity contribution < 1.29 is 0 Å². The van der Waals surface area contributed by atoms with Gasteiger partial charge in [0.1, 0.15) is 0 Å². The predicted octanol–water partition coefficient (Wildman–Crippen LogP) is 15.0. The fourth-order valence-electron chi connectivity index (χ4n) is 9.86. The second-order valence-corrected chi connectivity index (χ2v) is 21.8. The van der Waals surface area contributed by atoms with Crippen LogP contribution in [0.5, 0.6) is 0 Å². The molecule has 0 bridgehead atoms. The summed E-state index contributed by atoms with van der Waals surface area (Å²) in [6.07, 6.45) is 6.02.